The second-order valence-electron chi connectivity index (χ2n) is 6.67. The van der Waals surface area contributed by atoms with Crippen molar-refractivity contribution in [2.45, 2.75) is 6.92 Å². The van der Waals surface area contributed by atoms with Crippen LogP contribution in [0.3, 0.4) is 0 Å². The lowest BCUT2D eigenvalue weighted by Crippen LogP contribution is -2.40. The van der Waals surface area contributed by atoms with E-state index in [1.54, 1.807) is 6.07 Å². The zero-order valence-corrected chi connectivity index (χ0v) is 16.2. The summed E-state index contributed by atoms with van der Waals surface area (Å²) in [5.74, 6) is 1.13. The first-order valence-electron chi connectivity index (χ1n) is 9.63. The molecule has 148 valence electrons. The van der Waals surface area contributed by atoms with E-state index in [0.717, 1.165) is 22.2 Å². The molecule has 0 fully saturated rings. The molecule has 0 bridgehead atoms. The summed E-state index contributed by atoms with van der Waals surface area (Å²) in [5.41, 5.74) is 1.42. The Morgan fingerprint density at radius 2 is 1.66 bits per heavy atom. The predicted molar refractivity (Wildman–Crippen MR) is 112 cm³/mol. The molecule has 1 heterocycles. The van der Waals surface area contributed by atoms with Gasteiger partial charge in [0.1, 0.15) is 24.7 Å². The highest BCUT2D eigenvalue weighted by Gasteiger charge is 2.30. The lowest BCUT2D eigenvalue weighted by atomic mass is 10.1. The van der Waals surface area contributed by atoms with Gasteiger partial charge in [-0.15, -0.1) is 0 Å². The van der Waals surface area contributed by atoms with Crippen LogP contribution in [0.4, 0.5) is 5.69 Å². The summed E-state index contributed by atoms with van der Waals surface area (Å²) in [6.07, 6.45) is 0. The molecule has 29 heavy (non-hydrogen) atoms. The fourth-order valence-electron chi connectivity index (χ4n) is 3.49. The molecule has 0 atom stereocenters. The third-order valence-corrected chi connectivity index (χ3v) is 4.78. The number of nitrogens with zero attached hydrogens (tertiary/aromatic N) is 1. The van der Waals surface area contributed by atoms with Gasteiger partial charge in [0.05, 0.1) is 18.8 Å². The molecule has 6 nitrogen and oxygen atoms in total. The van der Waals surface area contributed by atoms with Gasteiger partial charge in [-0.25, -0.2) is 0 Å². The normalized spacial score (nSPS) is 12.3. The van der Waals surface area contributed by atoms with Gasteiger partial charge in [-0.1, -0.05) is 24.3 Å². The molecular weight excluding hydrogens is 368 g/mol. The Balaban J connectivity index is 1.29. The molecule has 1 aliphatic rings. The Bertz CT molecular complexity index is 1040. The first-order chi connectivity index (χ1) is 14.2. The van der Waals surface area contributed by atoms with Gasteiger partial charge in [-0.05, 0) is 48.7 Å². The number of nitrogens with one attached hydrogen (secondary N) is 1. The van der Waals surface area contributed by atoms with Crippen LogP contribution in [0.25, 0.3) is 10.8 Å². The summed E-state index contributed by atoms with van der Waals surface area (Å²) in [4.78, 5) is 26.6. The van der Waals surface area contributed by atoms with Crippen molar-refractivity contribution in [2.24, 2.45) is 0 Å². The van der Waals surface area contributed by atoms with Crippen molar-refractivity contribution < 1.29 is 19.1 Å². The lowest BCUT2D eigenvalue weighted by Gasteiger charge is -2.17. The molecule has 3 aromatic carbocycles. The first-order valence-corrected chi connectivity index (χ1v) is 9.63. The summed E-state index contributed by atoms with van der Waals surface area (Å²) >= 11 is 0. The van der Waals surface area contributed by atoms with Gasteiger partial charge in [0.15, 0.2) is 0 Å². The Kier molecular flexibility index (Phi) is 5.33. The van der Waals surface area contributed by atoms with Crippen LogP contribution in [-0.4, -0.2) is 38.1 Å². The maximum absolute atomic E-state index is 12.7. The summed E-state index contributed by atoms with van der Waals surface area (Å²) in [5, 5.41) is 4.72. The second kappa shape index (κ2) is 8.22. The smallest absolute Gasteiger partial charge is 0.259 e. The minimum absolute atomic E-state index is 0.0182. The molecule has 0 unspecified atom stereocenters. The van der Waals surface area contributed by atoms with Crippen LogP contribution >= 0.6 is 0 Å². The maximum Gasteiger partial charge on any atom is 0.259 e. The molecule has 1 aliphatic heterocycles. The van der Waals surface area contributed by atoms with Gasteiger partial charge < -0.3 is 14.8 Å². The quantitative estimate of drug-likeness (QED) is 0.599. The average molecular weight is 390 g/mol. The number of amides is 2. The lowest BCUT2D eigenvalue weighted by molar-refractivity contribution is -0.119. The molecule has 6 heteroatoms. The van der Waals surface area contributed by atoms with Crippen LogP contribution in [0.1, 0.15) is 17.3 Å². The maximum atomic E-state index is 12.7. The predicted octanol–water partition coefficient (Wildman–Crippen LogP) is 3.39. The van der Waals surface area contributed by atoms with E-state index in [9.17, 15) is 9.59 Å². The number of hydrogen-bond donors (Lipinski definition) is 1. The van der Waals surface area contributed by atoms with E-state index in [-0.39, 0.29) is 18.4 Å². The van der Waals surface area contributed by atoms with Crippen LogP contribution in [0, 0.1) is 0 Å². The van der Waals surface area contributed by atoms with Crippen LogP contribution in [0.2, 0.25) is 0 Å². The van der Waals surface area contributed by atoms with Crippen molar-refractivity contribution >= 4 is 28.3 Å². The molecule has 0 aliphatic carbocycles. The Hall–Kier alpha value is -3.54. The molecule has 0 radical (unpaired) electrons. The number of hydrogen-bond acceptors (Lipinski definition) is 4. The SMILES string of the molecule is CCOc1ccc(OCCNC(=O)CN2C(=O)c3cccc4cccc2c34)cc1. The van der Waals surface area contributed by atoms with E-state index in [1.807, 2.05) is 61.5 Å². The monoisotopic (exact) mass is 390 g/mol. The van der Waals surface area contributed by atoms with Crippen molar-refractivity contribution in [3.05, 3.63) is 66.2 Å². The van der Waals surface area contributed by atoms with E-state index in [1.165, 1.54) is 4.90 Å². The number of rotatable bonds is 8. The second-order valence-corrected chi connectivity index (χ2v) is 6.67. The molecule has 2 amide bonds. The highest BCUT2D eigenvalue weighted by molar-refractivity contribution is 6.26. The molecule has 0 spiro atoms. The van der Waals surface area contributed by atoms with Gasteiger partial charge in [0, 0.05) is 10.9 Å². The minimum Gasteiger partial charge on any atom is -0.494 e. The van der Waals surface area contributed by atoms with E-state index < -0.39 is 0 Å². The highest BCUT2D eigenvalue weighted by atomic mass is 16.5. The fourth-order valence-corrected chi connectivity index (χ4v) is 3.49. The van der Waals surface area contributed by atoms with Crippen molar-refractivity contribution in [3.8, 4) is 11.5 Å². The topological polar surface area (TPSA) is 67.9 Å². The van der Waals surface area contributed by atoms with Gasteiger partial charge in [-0.2, -0.15) is 0 Å². The number of benzene rings is 3. The molecule has 0 saturated carbocycles. The van der Waals surface area contributed by atoms with Gasteiger partial charge in [0.25, 0.3) is 5.91 Å². The summed E-state index contributed by atoms with van der Waals surface area (Å²) in [6, 6.07) is 18.7. The first kappa shape index (κ1) is 18.8. The zero-order valence-electron chi connectivity index (χ0n) is 16.2. The molecule has 1 N–H and O–H groups in total. The van der Waals surface area contributed by atoms with Crippen molar-refractivity contribution in [1.82, 2.24) is 5.32 Å². The van der Waals surface area contributed by atoms with Crippen LogP contribution in [0.5, 0.6) is 11.5 Å². The standard InChI is InChI=1S/C23H22N2O4/c1-2-28-17-9-11-18(12-10-17)29-14-13-24-21(26)15-25-20-8-4-6-16-5-3-7-19(22(16)20)23(25)27/h3-12H,2,13-15H2,1H3,(H,24,26). The Morgan fingerprint density at radius 3 is 2.38 bits per heavy atom. The fraction of sp³-hybridized carbons (Fsp3) is 0.217. The Morgan fingerprint density at radius 1 is 0.966 bits per heavy atom. The van der Waals surface area contributed by atoms with Crippen LogP contribution in [-0.2, 0) is 4.79 Å². The van der Waals surface area contributed by atoms with E-state index >= 15 is 0 Å². The van der Waals surface area contributed by atoms with E-state index in [2.05, 4.69) is 5.32 Å². The summed E-state index contributed by atoms with van der Waals surface area (Å²) < 4.78 is 11.0. The molecule has 4 rings (SSSR count). The summed E-state index contributed by atoms with van der Waals surface area (Å²) in [6.45, 7) is 3.22. The minimum atomic E-state index is -0.224. The van der Waals surface area contributed by atoms with E-state index in [4.69, 9.17) is 9.47 Å². The average Bonchev–Trinajstić information content (AvgIpc) is 3.01. The van der Waals surface area contributed by atoms with Crippen LogP contribution < -0.4 is 19.7 Å². The molecular formula is C23H22N2O4. The summed E-state index contributed by atoms with van der Waals surface area (Å²) in [7, 11) is 0. The number of carbonyl (C=O) groups is 2. The number of anilines is 1. The van der Waals surface area contributed by atoms with Gasteiger partial charge in [-0.3, -0.25) is 14.5 Å². The highest BCUT2D eigenvalue weighted by Crippen LogP contribution is 2.36. The molecule has 0 aromatic heterocycles. The van der Waals surface area contributed by atoms with Crippen LogP contribution in [0.15, 0.2) is 60.7 Å². The number of carbonyl (C=O) groups excluding carboxylic acids is 2. The van der Waals surface area contributed by atoms with Crippen molar-refractivity contribution in [3.63, 3.8) is 0 Å². The molecule has 0 saturated heterocycles. The van der Waals surface area contributed by atoms with Crippen molar-refractivity contribution in [1.29, 1.82) is 0 Å². The van der Waals surface area contributed by atoms with E-state index in [0.29, 0.717) is 31.1 Å². The third-order valence-electron chi connectivity index (χ3n) is 4.78. The van der Waals surface area contributed by atoms with Crippen molar-refractivity contribution in [2.75, 3.05) is 31.2 Å². The largest absolute Gasteiger partial charge is 0.494 e. The molecule has 3 aromatic rings. The Labute approximate surface area is 169 Å². The third kappa shape index (κ3) is 3.87. The van der Waals surface area contributed by atoms with Gasteiger partial charge >= 0.3 is 0 Å². The van der Waals surface area contributed by atoms with Gasteiger partial charge in [0.2, 0.25) is 5.91 Å². The number of ether oxygens (including phenoxy) is 2. The zero-order chi connectivity index (χ0) is 20.2.